The van der Waals surface area contributed by atoms with E-state index in [-0.39, 0.29) is 0 Å². The van der Waals surface area contributed by atoms with Crippen molar-refractivity contribution in [1.29, 1.82) is 0 Å². The SMILES string of the molecule is CC1=C(Br)c2cc(SC(C)C)ccc2C1. The summed E-state index contributed by atoms with van der Waals surface area (Å²) in [7, 11) is 0. The standard InChI is InChI=1S/C13H15BrS/c1-8(2)15-11-5-4-10-6-9(3)13(14)12(10)7-11/h4-5,7-8H,6H2,1-3H3. The lowest BCUT2D eigenvalue weighted by atomic mass is 10.1. The molecular formula is C13H15BrS. The third-order valence-corrected chi connectivity index (χ3v) is 4.62. The van der Waals surface area contributed by atoms with Crippen LogP contribution >= 0.6 is 27.7 Å². The molecule has 0 fully saturated rings. The van der Waals surface area contributed by atoms with Crippen molar-refractivity contribution in [1.82, 2.24) is 0 Å². The van der Waals surface area contributed by atoms with Gasteiger partial charge >= 0.3 is 0 Å². The Labute approximate surface area is 104 Å². The zero-order valence-electron chi connectivity index (χ0n) is 9.30. The molecule has 80 valence electrons. The molecule has 0 saturated heterocycles. The Morgan fingerprint density at radius 3 is 2.73 bits per heavy atom. The van der Waals surface area contributed by atoms with Crippen LogP contribution in [-0.4, -0.2) is 5.25 Å². The first-order chi connectivity index (χ1) is 7.08. The summed E-state index contributed by atoms with van der Waals surface area (Å²) in [6, 6.07) is 6.81. The largest absolute Gasteiger partial charge is 0.123 e. The lowest BCUT2D eigenvalue weighted by molar-refractivity contribution is 1.11. The molecule has 0 saturated carbocycles. The van der Waals surface area contributed by atoms with Crippen LogP contribution in [0.3, 0.4) is 0 Å². The predicted molar refractivity (Wildman–Crippen MR) is 72.7 cm³/mol. The van der Waals surface area contributed by atoms with Crippen LogP contribution in [0.15, 0.2) is 28.7 Å². The summed E-state index contributed by atoms with van der Waals surface area (Å²) in [5.41, 5.74) is 4.28. The normalized spacial score (nSPS) is 15.0. The Hall–Kier alpha value is -0.210. The highest BCUT2D eigenvalue weighted by molar-refractivity contribution is 9.15. The van der Waals surface area contributed by atoms with Gasteiger partial charge in [-0.15, -0.1) is 11.8 Å². The van der Waals surface area contributed by atoms with E-state index in [0.717, 1.165) is 6.42 Å². The molecule has 0 nitrogen and oxygen atoms in total. The Balaban J connectivity index is 2.34. The molecule has 1 aromatic carbocycles. The molecule has 2 heteroatoms. The van der Waals surface area contributed by atoms with Crippen LogP contribution in [-0.2, 0) is 6.42 Å². The summed E-state index contributed by atoms with van der Waals surface area (Å²) in [5, 5.41) is 0.647. The highest BCUT2D eigenvalue weighted by atomic mass is 79.9. The molecule has 0 heterocycles. The van der Waals surface area contributed by atoms with Crippen molar-refractivity contribution < 1.29 is 0 Å². The van der Waals surface area contributed by atoms with Crippen LogP contribution in [0.2, 0.25) is 0 Å². The van der Waals surface area contributed by atoms with Crippen LogP contribution in [0.1, 0.15) is 31.9 Å². The van der Waals surface area contributed by atoms with Crippen molar-refractivity contribution in [2.24, 2.45) is 0 Å². The molecule has 0 bridgehead atoms. The molecule has 1 aliphatic carbocycles. The van der Waals surface area contributed by atoms with Crippen molar-refractivity contribution in [3.05, 3.63) is 34.9 Å². The second-order valence-corrected chi connectivity index (χ2v) is 6.70. The van der Waals surface area contributed by atoms with Gasteiger partial charge in [0.25, 0.3) is 0 Å². The molecule has 0 aliphatic heterocycles. The van der Waals surface area contributed by atoms with Gasteiger partial charge in [-0.1, -0.05) is 41.4 Å². The van der Waals surface area contributed by atoms with E-state index in [1.807, 2.05) is 11.8 Å². The second-order valence-electron chi connectivity index (χ2n) is 4.26. The van der Waals surface area contributed by atoms with Gasteiger partial charge in [0.15, 0.2) is 0 Å². The highest BCUT2D eigenvalue weighted by Crippen LogP contribution is 2.39. The molecule has 0 aromatic heterocycles. The maximum absolute atomic E-state index is 3.67. The number of rotatable bonds is 2. The quantitative estimate of drug-likeness (QED) is 0.698. The van der Waals surface area contributed by atoms with Crippen LogP contribution < -0.4 is 0 Å². The summed E-state index contributed by atoms with van der Waals surface area (Å²) >= 11 is 5.60. The zero-order valence-corrected chi connectivity index (χ0v) is 11.7. The smallest absolute Gasteiger partial charge is 0.0243 e. The number of thioether (sulfide) groups is 1. The zero-order chi connectivity index (χ0) is 11.0. The van der Waals surface area contributed by atoms with E-state index in [1.54, 1.807) is 0 Å². The first-order valence-corrected chi connectivity index (χ1v) is 6.90. The summed E-state index contributed by atoms with van der Waals surface area (Å²) in [4.78, 5) is 1.37. The average molecular weight is 283 g/mol. The number of allylic oxidation sites excluding steroid dienone is 1. The van der Waals surface area contributed by atoms with E-state index in [0.29, 0.717) is 5.25 Å². The molecule has 0 spiro atoms. The molecule has 15 heavy (non-hydrogen) atoms. The molecule has 1 aliphatic rings. The van der Waals surface area contributed by atoms with E-state index >= 15 is 0 Å². The third kappa shape index (κ3) is 2.31. The number of hydrogen-bond donors (Lipinski definition) is 0. The predicted octanol–water partition coefficient (Wildman–Crippen LogP) is 4.87. The van der Waals surface area contributed by atoms with E-state index in [1.165, 1.54) is 26.1 Å². The molecule has 0 amide bonds. The first-order valence-electron chi connectivity index (χ1n) is 5.23. The summed E-state index contributed by atoms with van der Waals surface area (Å²) in [5.74, 6) is 0. The highest BCUT2D eigenvalue weighted by Gasteiger charge is 2.17. The minimum Gasteiger partial charge on any atom is -0.123 e. The molecule has 1 aromatic rings. The Morgan fingerprint density at radius 1 is 1.33 bits per heavy atom. The van der Waals surface area contributed by atoms with Crippen LogP contribution in [0, 0.1) is 0 Å². The monoisotopic (exact) mass is 282 g/mol. The van der Waals surface area contributed by atoms with E-state index in [2.05, 4.69) is 54.9 Å². The van der Waals surface area contributed by atoms with Gasteiger partial charge in [0.1, 0.15) is 0 Å². The van der Waals surface area contributed by atoms with E-state index in [9.17, 15) is 0 Å². The summed E-state index contributed by atoms with van der Waals surface area (Å²) in [6.07, 6.45) is 1.10. The van der Waals surface area contributed by atoms with Crippen LogP contribution in [0.5, 0.6) is 0 Å². The summed E-state index contributed by atoms with van der Waals surface area (Å²) < 4.78 is 1.30. The van der Waals surface area contributed by atoms with Crippen LogP contribution in [0.4, 0.5) is 0 Å². The maximum Gasteiger partial charge on any atom is 0.0243 e. The minimum absolute atomic E-state index is 0.647. The van der Waals surface area contributed by atoms with E-state index in [4.69, 9.17) is 0 Å². The average Bonchev–Trinajstić information content (AvgIpc) is 2.43. The van der Waals surface area contributed by atoms with Crippen molar-refractivity contribution in [2.45, 2.75) is 37.3 Å². The Bertz CT molecular complexity index is 419. The molecular weight excluding hydrogens is 268 g/mol. The van der Waals surface area contributed by atoms with Crippen LogP contribution in [0.25, 0.3) is 4.48 Å². The fraction of sp³-hybridized carbons (Fsp3) is 0.385. The van der Waals surface area contributed by atoms with Crippen molar-refractivity contribution in [3.8, 4) is 0 Å². The minimum atomic E-state index is 0.647. The third-order valence-electron chi connectivity index (χ3n) is 2.52. The molecule has 2 rings (SSSR count). The lowest BCUT2D eigenvalue weighted by Gasteiger charge is -2.07. The van der Waals surface area contributed by atoms with Gasteiger partial charge in [-0.05, 0) is 36.6 Å². The van der Waals surface area contributed by atoms with Gasteiger partial charge in [-0.3, -0.25) is 0 Å². The van der Waals surface area contributed by atoms with Gasteiger partial charge in [0.05, 0.1) is 0 Å². The topological polar surface area (TPSA) is 0 Å². The number of hydrogen-bond acceptors (Lipinski definition) is 1. The second kappa shape index (κ2) is 4.34. The van der Waals surface area contributed by atoms with Gasteiger partial charge in [-0.25, -0.2) is 0 Å². The van der Waals surface area contributed by atoms with Crippen molar-refractivity contribution >= 4 is 32.2 Å². The first kappa shape index (κ1) is 11.3. The molecule has 0 unspecified atom stereocenters. The number of fused-ring (bicyclic) bond motifs is 1. The lowest BCUT2D eigenvalue weighted by Crippen LogP contribution is -1.88. The fourth-order valence-corrected chi connectivity index (χ4v) is 3.24. The Kier molecular flexibility index (Phi) is 3.27. The van der Waals surface area contributed by atoms with Gasteiger partial charge < -0.3 is 0 Å². The van der Waals surface area contributed by atoms with Gasteiger partial charge in [-0.2, -0.15) is 0 Å². The molecule has 0 N–H and O–H groups in total. The Morgan fingerprint density at radius 2 is 2.07 bits per heavy atom. The van der Waals surface area contributed by atoms with Gasteiger partial charge in [0, 0.05) is 14.6 Å². The number of halogens is 1. The summed E-state index contributed by atoms with van der Waals surface area (Å²) in [6.45, 7) is 6.65. The van der Waals surface area contributed by atoms with Crippen molar-refractivity contribution in [3.63, 3.8) is 0 Å². The fourth-order valence-electron chi connectivity index (χ4n) is 1.85. The molecule has 0 atom stereocenters. The van der Waals surface area contributed by atoms with E-state index < -0.39 is 0 Å². The van der Waals surface area contributed by atoms with Crippen molar-refractivity contribution in [2.75, 3.05) is 0 Å². The maximum atomic E-state index is 3.67. The number of benzene rings is 1. The van der Waals surface area contributed by atoms with Gasteiger partial charge in [0.2, 0.25) is 0 Å². The molecule has 0 radical (unpaired) electrons.